The van der Waals surface area contributed by atoms with Gasteiger partial charge in [0.05, 0.1) is 12.1 Å². The standard InChI is InChI=1S/C25H30N2O2/c28-23(15-14-21-10-4-1-5-11-21)26-19-24(29)27(18-22-12-6-2-7-13-22)25(20-26)16-8-3-9-17-25/h1-2,4-7,10-13H,3,8-9,14-20H2. The molecule has 29 heavy (non-hydrogen) atoms. The maximum Gasteiger partial charge on any atom is 0.243 e. The van der Waals surface area contributed by atoms with Crippen molar-refractivity contribution in [3.05, 3.63) is 71.8 Å². The summed E-state index contributed by atoms with van der Waals surface area (Å²) in [5.41, 5.74) is 2.13. The Balaban J connectivity index is 1.48. The third kappa shape index (κ3) is 4.52. The van der Waals surface area contributed by atoms with Crippen LogP contribution >= 0.6 is 0 Å². The van der Waals surface area contributed by atoms with Crippen LogP contribution in [0, 0.1) is 0 Å². The highest BCUT2D eigenvalue weighted by Gasteiger charge is 2.46. The monoisotopic (exact) mass is 390 g/mol. The zero-order chi connectivity index (χ0) is 20.1. The summed E-state index contributed by atoms with van der Waals surface area (Å²) >= 11 is 0. The van der Waals surface area contributed by atoms with E-state index in [1.54, 1.807) is 0 Å². The molecule has 0 atom stereocenters. The van der Waals surface area contributed by atoms with Gasteiger partial charge in [0.25, 0.3) is 0 Å². The van der Waals surface area contributed by atoms with Gasteiger partial charge in [0.15, 0.2) is 0 Å². The lowest BCUT2D eigenvalue weighted by atomic mass is 9.78. The van der Waals surface area contributed by atoms with E-state index in [4.69, 9.17) is 0 Å². The van der Waals surface area contributed by atoms with Gasteiger partial charge < -0.3 is 9.80 Å². The molecule has 2 aromatic rings. The highest BCUT2D eigenvalue weighted by molar-refractivity contribution is 5.87. The minimum absolute atomic E-state index is 0.0927. The van der Waals surface area contributed by atoms with Crippen molar-refractivity contribution in [2.24, 2.45) is 0 Å². The van der Waals surface area contributed by atoms with Gasteiger partial charge in [0.1, 0.15) is 0 Å². The lowest BCUT2D eigenvalue weighted by molar-refractivity contribution is -0.158. The molecular formula is C25H30N2O2. The molecule has 1 spiro atoms. The van der Waals surface area contributed by atoms with E-state index in [2.05, 4.69) is 29.2 Å². The van der Waals surface area contributed by atoms with Gasteiger partial charge in [-0.2, -0.15) is 0 Å². The summed E-state index contributed by atoms with van der Waals surface area (Å²) in [5.74, 6) is 0.196. The van der Waals surface area contributed by atoms with Crippen molar-refractivity contribution in [2.45, 2.75) is 57.0 Å². The molecule has 2 fully saturated rings. The Bertz CT molecular complexity index is 828. The lowest BCUT2D eigenvalue weighted by Gasteiger charge is -2.52. The summed E-state index contributed by atoms with van der Waals surface area (Å²) in [7, 11) is 0. The van der Waals surface area contributed by atoms with Crippen molar-refractivity contribution in [2.75, 3.05) is 13.1 Å². The average molecular weight is 391 g/mol. The summed E-state index contributed by atoms with van der Waals surface area (Å²) in [4.78, 5) is 30.1. The second-order valence-corrected chi connectivity index (χ2v) is 8.49. The van der Waals surface area contributed by atoms with Crippen LogP contribution in [-0.4, -0.2) is 40.2 Å². The van der Waals surface area contributed by atoms with E-state index in [1.807, 2.05) is 41.3 Å². The first-order valence-electron chi connectivity index (χ1n) is 10.8. The number of piperazine rings is 1. The van der Waals surface area contributed by atoms with Crippen LogP contribution in [0.5, 0.6) is 0 Å². The van der Waals surface area contributed by atoms with Crippen LogP contribution < -0.4 is 0 Å². The van der Waals surface area contributed by atoms with Crippen molar-refractivity contribution in [1.82, 2.24) is 9.80 Å². The third-order valence-corrected chi connectivity index (χ3v) is 6.48. The van der Waals surface area contributed by atoms with E-state index in [1.165, 1.54) is 12.0 Å². The third-order valence-electron chi connectivity index (χ3n) is 6.48. The Kier molecular flexibility index (Phi) is 5.98. The minimum atomic E-state index is -0.203. The summed E-state index contributed by atoms with van der Waals surface area (Å²) in [5, 5.41) is 0. The molecule has 1 heterocycles. The SMILES string of the molecule is O=C(CCc1ccccc1)N1CC(=O)N(Cc2ccccc2)C2(CCCCC2)C1. The van der Waals surface area contributed by atoms with Crippen LogP contribution in [0.4, 0.5) is 0 Å². The molecule has 4 rings (SSSR count). The molecule has 4 heteroatoms. The van der Waals surface area contributed by atoms with E-state index < -0.39 is 0 Å². The number of rotatable bonds is 5. The molecule has 1 aliphatic heterocycles. The Morgan fingerprint density at radius 1 is 0.862 bits per heavy atom. The van der Waals surface area contributed by atoms with Crippen LogP contribution in [-0.2, 0) is 22.6 Å². The van der Waals surface area contributed by atoms with Gasteiger partial charge in [-0.25, -0.2) is 0 Å². The highest BCUT2D eigenvalue weighted by Crippen LogP contribution is 2.38. The molecule has 152 valence electrons. The minimum Gasteiger partial charge on any atom is -0.331 e. The van der Waals surface area contributed by atoms with Gasteiger partial charge >= 0.3 is 0 Å². The molecule has 0 radical (unpaired) electrons. The predicted molar refractivity (Wildman–Crippen MR) is 114 cm³/mol. The zero-order valence-electron chi connectivity index (χ0n) is 17.1. The van der Waals surface area contributed by atoms with Gasteiger partial charge in [0.2, 0.25) is 11.8 Å². The van der Waals surface area contributed by atoms with E-state index in [-0.39, 0.29) is 23.9 Å². The number of nitrogens with zero attached hydrogens (tertiary/aromatic N) is 2. The topological polar surface area (TPSA) is 40.6 Å². The first kappa shape index (κ1) is 19.7. The molecule has 4 nitrogen and oxygen atoms in total. The van der Waals surface area contributed by atoms with E-state index >= 15 is 0 Å². The van der Waals surface area contributed by atoms with Gasteiger partial charge in [-0.1, -0.05) is 79.9 Å². The van der Waals surface area contributed by atoms with Gasteiger partial charge in [0, 0.05) is 19.5 Å². The predicted octanol–water partition coefficient (Wildman–Crippen LogP) is 4.19. The number of aryl methyl sites for hydroxylation is 1. The number of benzene rings is 2. The molecule has 0 aromatic heterocycles. The molecule has 1 saturated heterocycles. The molecular weight excluding hydrogens is 360 g/mol. The maximum atomic E-state index is 13.2. The fraction of sp³-hybridized carbons (Fsp3) is 0.440. The van der Waals surface area contributed by atoms with E-state index in [0.717, 1.165) is 37.7 Å². The highest BCUT2D eigenvalue weighted by atomic mass is 16.2. The van der Waals surface area contributed by atoms with Gasteiger partial charge in [-0.15, -0.1) is 0 Å². The van der Waals surface area contributed by atoms with Crippen LogP contribution in [0.3, 0.4) is 0 Å². The number of hydrogen-bond donors (Lipinski definition) is 0. The van der Waals surface area contributed by atoms with Gasteiger partial charge in [-0.3, -0.25) is 9.59 Å². The Labute approximate surface area is 173 Å². The summed E-state index contributed by atoms with van der Waals surface area (Å²) in [6.07, 6.45) is 6.66. The Morgan fingerprint density at radius 3 is 2.14 bits per heavy atom. The second-order valence-electron chi connectivity index (χ2n) is 8.49. The molecule has 2 amide bonds. The molecule has 0 unspecified atom stereocenters. The molecule has 0 N–H and O–H groups in total. The van der Waals surface area contributed by atoms with E-state index in [9.17, 15) is 9.59 Å². The maximum absolute atomic E-state index is 13.2. The smallest absolute Gasteiger partial charge is 0.243 e. The Morgan fingerprint density at radius 2 is 1.48 bits per heavy atom. The lowest BCUT2D eigenvalue weighted by Crippen LogP contribution is -2.65. The van der Waals surface area contributed by atoms with Crippen molar-refractivity contribution >= 4 is 11.8 Å². The fourth-order valence-electron chi connectivity index (χ4n) is 4.90. The van der Waals surface area contributed by atoms with Crippen molar-refractivity contribution in [1.29, 1.82) is 0 Å². The summed E-state index contributed by atoms with van der Waals surface area (Å²) in [6, 6.07) is 20.3. The quantitative estimate of drug-likeness (QED) is 0.768. The zero-order valence-corrected chi connectivity index (χ0v) is 17.1. The van der Waals surface area contributed by atoms with Crippen molar-refractivity contribution < 1.29 is 9.59 Å². The molecule has 1 saturated carbocycles. The first-order chi connectivity index (χ1) is 14.2. The molecule has 2 aliphatic rings. The largest absolute Gasteiger partial charge is 0.331 e. The normalized spacial score (nSPS) is 18.8. The van der Waals surface area contributed by atoms with Crippen LogP contribution in [0.25, 0.3) is 0 Å². The van der Waals surface area contributed by atoms with Gasteiger partial charge in [-0.05, 0) is 30.4 Å². The Hall–Kier alpha value is -2.62. The summed E-state index contributed by atoms with van der Waals surface area (Å²) < 4.78 is 0. The van der Waals surface area contributed by atoms with Crippen LogP contribution in [0.1, 0.15) is 49.7 Å². The molecule has 1 aliphatic carbocycles. The van der Waals surface area contributed by atoms with Crippen molar-refractivity contribution in [3.63, 3.8) is 0 Å². The van der Waals surface area contributed by atoms with Crippen LogP contribution in [0.15, 0.2) is 60.7 Å². The number of carbonyl (C=O) groups excluding carboxylic acids is 2. The number of hydrogen-bond acceptors (Lipinski definition) is 2. The molecule has 2 aromatic carbocycles. The molecule has 0 bridgehead atoms. The second kappa shape index (κ2) is 8.81. The van der Waals surface area contributed by atoms with Crippen molar-refractivity contribution in [3.8, 4) is 0 Å². The average Bonchev–Trinajstić information content (AvgIpc) is 2.76. The first-order valence-corrected chi connectivity index (χ1v) is 10.8. The van der Waals surface area contributed by atoms with E-state index in [0.29, 0.717) is 19.5 Å². The van der Waals surface area contributed by atoms with Crippen LogP contribution in [0.2, 0.25) is 0 Å². The fourth-order valence-corrected chi connectivity index (χ4v) is 4.90. The number of carbonyl (C=O) groups is 2. The summed E-state index contributed by atoms with van der Waals surface area (Å²) in [6.45, 7) is 1.53. The number of amides is 2.